The molecular formula is C12H15N3O. The van der Waals surface area contributed by atoms with Crippen LogP contribution in [0.1, 0.15) is 26.3 Å². The van der Waals surface area contributed by atoms with Crippen molar-refractivity contribution >= 4 is 11.0 Å². The number of hydrogen-bond donors (Lipinski definition) is 0. The molecule has 0 saturated heterocycles. The van der Waals surface area contributed by atoms with Gasteiger partial charge in [-0.05, 0) is 5.41 Å². The van der Waals surface area contributed by atoms with Gasteiger partial charge in [0.2, 0.25) is 0 Å². The number of aryl methyl sites for hydroxylation is 1. The lowest BCUT2D eigenvalue weighted by atomic mass is 9.87. The Bertz CT molecular complexity index is 593. The predicted octanol–water partition coefficient (Wildman–Crippen LogP) is 1.63. The van der Waals surface area contributed by atoms with E-state index < -0.39 is 0 Å². The van der Waals surface area contributed by atoms with Crippen molar-refractivity contribution in [2.75, 3.05) is 0 Å². The summed E-state index contributed by atoms with van der Waals surface area (Å²) in [5.74, 6) is 0. The lowest BCUT2D eigenvalue weighted by Crippen LogP contribution is -2.23. The second kappa shape index (κ2) is 3.40. The van der Waals surface area contributed by atoms with Crippen LogP contribution in [0, 0.1) is 0 Å². The third-order valence-electron chi connectivity index (χ3n) is 2.61. The average Bonchev–Trinajstić information content (AvgIpc) is 2.22. The molecule has 0 fully saturated rings. The first-order valence-corrected chi connectivity index (χ1v) is 5.22. The minimum absolute atomic E-state index is 0.0558. The number of hydrogen-bond acceptors (Lipinski definition) is 3. The molecule has 0 radical (unpaired) electrons. The van der Waals surface area contributed by atoms with Crippen molar-refractivity contribution < 1.29 is 0 Å². The van der Waals surface area contributed by atoms with Crippen molar-refractivity contribution in [3.63, 3.8) is 0 Å². The molecule has 2 aromatic rings. The molecule has 0 atom stereocenters. The standard InChI is InChI=1S/C12H15N3O/c1-12(2,3)8-7-15(4)11(16)10-9(8)13-5-6-14-10/h5-7H,1-4H3. The third-order valence-corrected chi connectivity index (χ3v) is 2.61. The van der Waals surface area contributed by atoms with E-state index in [0.717, 1.165) is 5.56 Å². The molecule has 0 amide bonds. The smallest absolute Gasteiger partial charge is 0.278 e. The summed E-state index contributed by atoms with van der Waals surface area (Å²) in [6.45, 7) is 6.29. The Hall–Kier alpha value is -1.71. The van der Waals surface area contributed by atoms with Crippen molar-refractivity contribution in [1.29, 1.82) is 0 Å². The largest absolute Gasteiger partial charge is 0.316 e. The van der Waals surface area contributed by atoms with Crippen molar-refractivity contribution in [1.82, 2.24) is 14.5 Å². The molecular weight excluding hydrogens is 202 g/mol. The molecule has 4 heteroatoms. The summed E-state index contributed by atoms with van der Waals surface area (Å²) in [7, 11) is 1.74. The summed E-state index contributed by atoms with van der Waals surface area (Å²) < 4.78 is 1.57. The molecule has 2 aromatic heterocycles. The average molecular weight is 217 g/mol. The second-order valence-corrected chi connectivity index (χ2v) is 4.96. The molecule has 0 N–H and O–H groups in total. The van der Waals surface area contributed by atoms with Crippen LogP contribution in [0.15, 0.2) is 23.4 Å². The van der Waals surface area contributed by atoms with Gasteiger partial charge in [-0.15, -0.1) is 0 Å². The van der Waals surface area contributed by atoms with Gasteiger partial charge in [0.1, 0.15) is 0 Å². The van der Waals surface area contributed by atoms with E-state index in [1.807, 2.05) is 6.20 Å². The van der Waals surface area contributed by atoms with Crippen molar-refractivity contribution in [3.05, 3.63) is 34.5 Å². The first-order valence-electron chi connectivity index (χ1n) is 5.22. The molecule has 0 spiro atoms. The molecule has 0 bridgehead atoms. The van der Waals surface area contributed by atoms with Gasteiger partial charge in [-0.3, -0.25) is 9.78 Å². The van der Waals surface area contributed by atoms with Crippen LogP contribution < -0.4 is 5.56 Å². The fourth-order valence-corrected chi connectivity index (χ4v) is 1.72. The molecule has 0 aliphatic rings. The quantitative estimate of drug-likeness (QED) is 0.673. The van der Waals surface area contributed by atoms with Crippen LogP contribution in [-0.2, 0) is 12.5 Å². The fourth-order valence-electron chi connectivity index (χ4n) is 1.72. The highest BCUT2D eigenvalue weighted by Gasteiger charge is 2.20. The van der Waals surface area contributed by atoms with Crippen LogP contribution in [0.5, 0.6) is 0 Å². The van der Waals surface area contributed by atoms with Gasteiger partial charge in [-0.2, -0.15) is 0 Å². The highest BCUT2D eigenvalue weighted by Crippen LogP contribution is 2.25. The van der Waals surface area contributed by atoms with Gasteiger partial charge in [0.15, 0.2) is 5.52 Å². The third kappa shape index (κ3) is 1.60. The lowest BCUT2D eigenvalue weighted by Gasteiger charge is -2.20. The van der Waals surface area contributed by atoms with Crippen molar-refractivity contribution in [2.45, 2.75) is 26.2 Å². The van der Waals surface area contributed by atoms with E-state index in [9.17, 15) is 4.79 Å². The topological polar surface area (TPSA) is 47.8 Å². The van der Waals surface area contributed by atoms with E-state index in [4.69, 9.17) is 0 Å². The normalized spacial score (nSPS) is 12.0. The lowest BCUT2D eigenvalue weighted by molar-refractivity contribution is 0.585. The molecule has 4 nitrogen and oxygen atoms in total. The Morgan fingerprint density at radius 2 is 1.69 bits per heavy atom. The maximum absolute atomic E-state index is 11.9. The molecule has 0 aliphatic carbocycles. The summed E-state index contributed by atoms with van der Waals surface area (Å²) in [5, 5.41) is 0. The fraction of sp³-hybridized carbons (Fsp3) is 0.417. The first-order chi connectivity index (χ1) is 7.41. The number of pyridine rings is 1. The molecule has 16 heavy (non-hydrogen) atoms. The maximum Gasteiger partial charge on any atom is 0.278 e. The van der Waals surface area contributed by atoms with Crippen LogP contribution in [0.4, 0.5) is 0 Å². The van der Waals surface area contributed by atoms with Gasteiger partial charge < -0.3 is 4.57 Å². The summed E-state index contributed by atoms with van der Waals surface area (Å²) in [6.07, 6.45) is 5.02. The summed E-state index contributed by atoms with van der Waals surface area (Å²) in [6, 6.07) is 0. The van der Waals surface area contributed by atoms with E-state index in [2.05, 4.69) is 30.7 Å². The number of nitrogens with zero attached hydrogens (tertiary/aromatic N) is 3. The van der Waals surface area contributed by atoms with E-state index in [0.29, 0.717) is 11.0 Å². The highest BCUT2D eigenvalue weighted by molar-refractivity contribution is 5.77. The molecule has 2 rings (SSSR count). The molecule has 0 aromatic carbocycles. The zero-order valence-electron chi connectivity index (χ0n) is 9.98. The van der Waals surface area contributed by atoms with Crippen molar-refractivity contribution in [3.8, 4) is 0 Å². The minimum atomic E-state index is -0.101. The highest BCUT2D eigenvalue weighted by atomic mass is 16.1. The summed E-state index contributed by atoms with van der Waals surface area (Å²) in [4.78, 5) is 20.3. The van der Waals surface area contributed by atoms with Crippen LogP contribution in [0.3, 0.4) is 0 Å². The Morgan fingerprint density at radius 3 is 2.25 bits per heavy atom. The monoisotopic (exact) mass is 217 g/mol. The first kappa shape index (κ1) is 10.8. The summed E-state index contributed by atoms with van der Waals surface area (Å²) in [5.41, 5.74) is 2.03. The maximum atomic E-state index is 11.9. The molecule has 0 unspecified atom stereocenters. The van der Waals surface area contributed by atoms with Gasteiger partial charge in [0.25, 0.3) is 5.56 Å². The zero-order chi connectivity index (χ0) is 11.9. The van der Waals surface area contributed by atoms with Crippen molar-refractivity contribution in [2.24, 2.45) is 7.05 Å². The zero-order valence-corrected chi connectivity index (χ0v) is 9.98. The second-order valence-electron chi connectivity index (χ2n) is 4.96. The van der Waals surface area contributed by atoms with E-state index in [1.54, 1.807) is 24.0 Å². The summed E-state index contributed by atoms with van der Waals surface area (Å²) >= 11 is 0. The van der Waals surface area contributed by atoms with Crippen LogP contribution in [0.2, 0.25) is 0 Å². The van der Waals surface area contributed by atoms with E-state index >= 15 is 0 Å². The SMILES string of the molecule is Cn1cc(C(C)(C)C)c2nccnc2c1=O. The molecule has 0 saturated carbocycles. The Kier molecular flexibility index (Phi) is 2.30. The van der Waals surface area contributed by atoms with Crippen LogP contribution in [0.25, 0.3) is 11.0 Å². The number of fused-ring (bicyclic) bond motifs is 1. The molecule has 2 heterocycles. The van der Waals surface area contributed by atoms with E-state index in [1.165, 1.54) is 0 Å². The predicted molar refractivity (Wildman–Crippen MR) is 63.5 cm³/mol. The number of rotatable bonds is 0. The Morgan fingerprint density at radius 1 is 1.12 bits per heavy atom. The number of aromatic nitrogens is 3. The van der Waals surface area contributed by atoms with Crippen LogP contribution >= 0.6 is 0 Å². The Labute approximate surface area is 94.0 Å². The van der Waals surface area contributed by atoms with Gasteiger partial charge in [-0.1, -0.05) is 20.8 Å². The van der Waals surface area contributed by atoms with Crippen LogP contribution in [-0.4, -0.2) is 14.5 Å². The van der Waals surface area contributed by atoms with Gasteiger partial charge >= 0.3 is 0 Å². The van der Waals surface area contributed by atoms with Gasteiger partial charge in [-0.25, -0.2) is 4.98 Å². The van der Waals surface area contributed by atoms with E-state index in [-0.39, 0.29) is 11.0 Å². The minimum Gasteiger partial charge on any atom is -0.316 e. The molecule has 0 aliphatic heterocycles. The van der Waals surface area contributed by atoms with Gasteiger partial charge in [0, 0.05) is 31.2 Å². The molecule has 84 valence electrons. The Balaban J connectivity index is 2.97. The van der Waals surface area contributed by atoms with Gasteiger partial charge in [0.05, 0.1) is 5.52 Å².